The molecule has 0 aliphatic rings. The zero-order valence-electron chi connectivity index (χ0n) is 11.9. The average Bonchev–Trinajstić information content (AvgIpc) is 3.09. The van der Waals surface area contributed by atoms with Crippen molar-refractivity contribution in [2.45, 2.75) is 19.9 Å². The number of nitrogens with zero attached hydrogens (tertiary/aromatic N) is 3. The van der Waals surface area contributed by atoms with E-state index in [1.165, 1.54) is 22.1 Å². The molecule has 0 bridgehead atoms. The van der Waals surface area contributed by atoms with Gasteiger partial charge in [0, 0.05) is 19.9 Å². The first-order valence-electron chi connectivity index (χ1n) is 6.39. The quantitative estimate of drug-likeness (QED) is 0.584. The highest BCUT2D eigenvalue weighted by Gasteiger charge is 2.16. The molecule has 0 saturated carbocycles. The summed E-state index contributed by atoms with van der Waals surface area (Å²) >= 11 is 4.49. The molecule has 0 aromatic carbocycles. The number of rotatable bonds is 5. The third-order valence-electron chi connectivity index (χ3n) is 2.84. The van der Waals surface area contributed by atoms with Gasteiger partial charge in [-0.2, -0.15) is 0 Å². The van der Waals surface area contributed by atoms with Gasteiger partial charge in [0.25, 0.3) is 5.91 Å². The normalized spacial score (nSPS) is 10.3. The molecule has 2 heterocycles. The van der Waals surface area contributed by atoms with Gasteiger partial charge in [-0.05, 0) is 38.0 Å². The van der Waals surface area contributed by atoms with Crippen molar-refractivity contribution in [1.82, 2.24) is 20.4 Å². The number of amides is 2. The van der Waals surface area contributed by atoms with E-state index in [-0.39, 0.29) is 18.8 Å². The fraction of sp³-hybridized carbons (Fsp3) is 0.250. The molecular formula is C12H12BrN5O4S. The highest BCUT2D eigenvalue weighted by atomic mass is 79.9. The Labute approximate surface area is 143 Å². The number of aryl methyl sites for hydroxylation is 2. The molecule has 0 aliphatic heterocycles. The minimum absolute atomic E-state index is 0.0444. The van der Waals surface area contributed by atoms with Crippen LogP contribution in [0.15, 0.2) is 22.1 Å². The number of nitrogens with one attached hydrogen (secondary N) is 2. The first kappa shape index (κ1) is 17.1. The summed E-state index contributed by atoms with van der Waals surface area (Å²) in [5.41, 5.74) is 4.60. The van der Waals surface area contributed by atoms with Crippen LogP contribution in [0.3, 0.4) is 0 Å². The van der Waals surface area contributed by atoms with Crippen LogP contribution in [0.5, 0.6) is 0 Å². The molecule has 9 nitrogen and oxygen atoms in total. The lowest BCUT2D eigenvalue weighted by Gasteiger charge is -2.06. The fourth-order valence-corrected chi connectivity index (χ4v) is 3.00. The molecule has 23 heavy (non-hydrogen) atoms. The summed E-state index contributed by atoms with van der Waals surface area (Å²) in [5.74, 6) is -0.648. The van der Waals surface area contributed by atoms with Crippen molar-refractivity contribution in [2.24, 2.45) is 0 Å². The number of carbonyl (C=O) groups is 2. The predicted molar refractivity (Wildman–Crippen MR) is 85.9 cm³/mol. The van der Waals surface area contributed by atoms with Crippen molar-refractivity contribution in [2.75, 3.05) is 0 Å². The summed E-state index contributed by atoms with van der Waals surface area (Å²) < 4.78 is 2.32. The van der Waals surface area contributed by atoms with Gasteiger partial charge in [-0.25, -0.2) is 0 Å². The maximum absolute atomic E-state index is 11.7. The second-order valence-corrected chi connectivity index (χ2v) is 6.92. The summed E-state index contributed by atoms with van der Waals surface area (Å²) in [4.78, 5) is 37.7. The number of nitro groups is 1. The Kier molecular flexibility index (Phi) is 5.45. The van der Waals surface area contributed by atoms with Crippen LogP contribution in [0.25, 0.3) is 0 Å². The zero-order chi connectivity index (χ0) is 17.0. The Bertz CT molecular complexity index is 756. The Morgan fingerprint density at radius 1 is 1.43 bits per heavy atom. The Balaban J connectivity index is 1.81. The van der Waals surface area contributed by atoms with Gasteiger partial charge in [-0.15, -0.1) is 11.3 Å². The number of hydrogen-bond donors (Lipinski definition) is 2. The van der Waals surface area contributed by atoms with Gasteiger partial charge in [-0.3, -0.25) is 20.4 Å². The first-order chi connectivity index (χ1) is 10.9. The zero-order valence-corrected chi connectivity index (χ0v) is 14.3. The van der Waals surface area contributed by atoms with E-state index in [0.29, 0.717) is 10.7 Å². The van der Waals surface area contributed by atoms with E-state index in [9.17, 15) is 19.7 Å². The molecule has 2 aromatic heterocycles. The molecular weight excluding hydrogens is 390 g/mol. The van der Waals surface area contributed by atoms with Crippen LogP contribution in [-0.2, 0) is 11.3 Å². The van der Waals surface area contributed by atoms with Crippen LogP contribution >= 0.6 is 27.3 Å². The number of imidazole rings is 1. The lowest BCUT2D eigenvalue weighted by Crippen LogP contribution is -2.41. The molecule has 0 saturated heterocycles. The highest BCUT2D eigenvalue weighted by Crippen LogP contribution is 2.21. The fourth-order valence-electron chi connectivity index (χ4n) is 1.71. The molecule has 0 unspecified atom stereocenters. The standard InChI is InChI=1S/C12H12BrN5O4S/c1-7-14-10(18(21)22)6-17(7)5-4-11(19)15-16-12(20)8-2-3-9(13)23-8/h2-3,6H,4-5H2,1H3,(H,15,19)(H,16,20). The Morgan fingerprint density at radius 3 is 2.74 bits per heavy atom. The van der Waals surface area contributed by atoms with E-state index in [4.69, 9.17) is 0 Å². The second-order valence-electron chi connectivity index (χ2n) is 4.45. The Morgan fingerprint density at radius 2 is 2.17 bits per heavy atom. The lowest BCUT2D eigenvalue weighted by atomic mass is 10.4. The molecule has 2 aromatic rings. The number of hydrogen-bond acceptors (Lipinski definition) is 6. The molecule has 122 valence electrons. The summed E-state index contributed by atoms with van der Waals surface area (Å²) in [6, 6.07) is 3.36. The van der Waals surface area contributed by atoms with Crippen molar-refractivity contribution in [3.63, 3.8) is 0 Å². The topological polar surface area (TPSA) is 119 Å². The van der Waals surface area contributed by atoms with Crippen LogP contribution in [0, 0.1) is 17.0 Å². The number of aromatic nitrogens is 2. The molecule has 0 aliphatic carbocycles. The van der Waals surface area contributed by atoms with Crippen molar-refractivity contribution >= 4 is 44.9 Å². The van der Waals surface area contributed by atoms with Gasteiger partial charge in [0.1, 0.15) is 6.20 Å². The van der Waals surface area contributed by atoms with Gasteiger partial charge in [0.2, 0.25) is 11.7 Å². The maximum Gasteiger partial charge on any atom is 0.381 e. The van der Waals surface area contributed by atoms with Crippen LogP contribution in [0.4, 0.5) is 5.82 Å². The van der Waals surface area contributed by atoms with Crippen LogP contribution in [0.1, 0.15) is 21.9 Å². The summed E-state index contributed by atoms with van der Waals surface area (Å²) in [6.45, 7) is 1.83. The largest absolute Gasteiger partial charge is 0.381 e. The number of thiophene rings is 1. The van der Waals surface area contributed by atoms with Crippen LogP contribution in [-0.4, -0.2) is 26.3 Å². The van der Waals surface area contributed by atoms with Crippen LogP contribution in [0.2, 0.25) is 0 Å². The van der Waals surface area contributed by atoms with E-state index in [1.807, 2.05) is 0 Å². The second kappa shape index (κ2) is 7.33. The lowest BCUT2D eigenvalue weighted by molar-refractivity contribution is -0.389. The summed E-state index contributed by atoms with van der Waals surface area (Å²) in [6.07, 6.45) is 1.31. The number of halogens is 1. The molecule has 11 heteroatoms. The summed E-state index contributed by atoms with van der Waals surface area (Å²) in [7, 11) is 0. The van der Waals surface area contributed by atoms with E-state index >= 15 is 0 Å². The van der Waals surface area contributed by atoms with Crippen molar-refractivity contribution in [3.05, 3.63) is 42.9 Å². The van der Waals surface area contributed by atoms with Gasteiger partial charge in [0.05, 0.1) is 8.66 Å². The van der Waals surface area contributed by atoms with E-state index in [0.717, 1.165) is 3.79 Å². The monoisotopic (exact) mass is 401 g/mol. The van der Waals surface area contributed by atoms with Gasteiger partial charge >= 0.3 is 5.82 Å². The molecule has 2 rings (SSSR count). The van der Waals surface area contributed by atoms with Crippen molar-refractivity contribution in [3.8, 4) is 0 Å². The van der Waals surface area contributed by atoms with Crippen molar-refractivity contribution in [1.29, 1.82) is 0 Å². The van der Waals surface area contributed by atoms with E-state index < -0.39 is 16.7 Å². The maximum atomic E-state index is 11.7. The van der Waals surface area contributed by atoms with Crippen LogP contribution < -0.4 is 10.9 Å². The third kappa shape index (κ3) is 4.60. The smallest absolute Gasteiger partial charge is 0.358 e. The Hall–Kier alpha value is -2.27. The predicted octanol–water partition coefficient (Wildman–Crippen LogP) is 1.78. The molecule has 0 radical (unpaired) electrons. The third-order valence-corrected chi connectivity index (χ3v) is 4.47. The van der Waals surface area contributed by atoms with E-state index in [1.54, 1.807) is 19.1 Å². The van der Waals surface area contributed by atoms with Gasteiger partial charge < -0.3 is 14.7 Å². The van der Waals surface area contributed by atoms with Crippen molar-refractivity contribution < 1.29 is 14.5 Å². The summed E-state index contributed by atoms with van der Waals surface area (Å²) in [5, 5.41) is 10.6. The van der Waals surface area contributed by atoms with E-state index in [2.05, 4.69) is 31.8 Å². The minimum Gasteiger partial charge on any atom is -0.358 e. The first-order valence-corrected chi connectivity index (χ1v) is 8.00. The molecule has 0 spiro atoms. The minimum atomic E-state index is -0.594. The SMILES string of the molecule is Cc1nc([N+](=O)[O-])cn1CCC(=O)NNC(=O)c1ccc(Br)s1. The molecule has 0 atom stereocenters. The number of carbonyl (C=O) groups excluding carboxylic acids is 2. The number of hydrazine groups is 1. The molecule has 0 fully saturated rings. The molecule has 2 N–H and O–H groups in total. The highest BCUT2D eigenvalue weighted by molar-refractivity contribution is 9.11. The van der Waals surface area contributed by atoms with Gasteiger partial charge in [0.15, 0.2) is 0 Å². The molecule has 2 amide bonds. The average molecular weight is 402 g/mol. The van der Waals surface area contributed by atoms with Gasteiger partial charge in [-0.1, -0.05) is 0 Å².